The van der Waals surface area contributed by atoms with Crippen LogP contribution < -0.4 is 5.19 Å². The summed E-state index contributed by atoms with van der Waals surface area (Å²) < 4.78 is 2.22. The summed E-state index contributed by atoms with van der Waals surface area (Å²) in [6, 6.07) is 29.3. The van der Waals surface area contributed by atoms with Crippen LogP contribution in [0.3, 0.4) is 0 Å². The monoisotopic (exact) mass is 609 g/mol. The maximum Gasteiger partial charge on any atom is 0.149 e. The topological polar surface area (TPSA) is 50.9 Å². The van der Waals surface area contributed by atoms with Crippen molar-refractivity contribution in [1.29, 1.82) is 0 Å². The summed E-state index contributed by atoms with van der Waals surface area (Å²) in [4.78, 5) is 10.3. The molecule has 0 spiro atoms. The summed E-state index contributed by atoms with van der Waals surface area (Å²) in [6.45, 7) is 18.2. The van der Waals surface area contributed by atoms with Crippen molar-refractivity contribution >= 4 is 24.3 Å². The van der Waals surface area contributed by atoms with E-state index < -0.39 is 8.07 Å². The summed E-state index contributed by atoms with van der Waals surface area (Å²) in [5.41, 5.74) is 12.9. The van der Waals surface area contributed by atoms with Crippen molar-refractivity contribution in [3.8, 4) is 45.2 Å². The summed E-state index contributed by atoms with van der Waals surface area (Å²) in [7, 11) is -1.53. The number of benzene rings is 4. The zero-order valence-electron chi connectivity index (χ0n) is 27.7. The molecule has 4 nitrogen and oxygen atoms in total. The maximum absolute atomic E-state index is 11.0. The standard InChI is InChI=1S/C40H43N3OSi/c1-25(2)19-31-23-34(41-24-37(31)45(6,7)8)30-14-11-13-29(22-30)32-16-12-17-35-38(32)42-40(33-15-9-10-18-36(33)44)43(35)39-27(4)20-26(3)21-28(39)5/h9-18,20-25,44H,19H2,1-8H3. The number of phenolic OH excluding ortho intramolecular Hbond substituents is 1. The highest BCUT2D eigenvalue weighted by Gasteiger charge is 2.23. The molecule has 0 fully saturated rings. The molecule has 2 aromatic heterocycles. The van der Waals surface area contributed by atoms with Crippen LogP contribution in [0.5, 0.6) is 5.75 Å². The molecule has 0 atom stereocenters. The molecule has 0 amide bonds. The molecule has 45 heavy (non-hydrogen) atoms. The molecule has 2 heterocycles. The Hall–Kier alpha value is -4.48. The number of hydrogen-bond acceptors (Lipinski definition) is 3. The van der Waals surface area contributed by atoms with Gasteiger partial charge in [-0.2, -0.15) is 0 Å². The molecule has 0 radical (unpaired) electrons. The minimum Gasteiger partial charge on any atom is -0.507 e. The molecule has 228 valence electrons. The van der Waals surface area contributed by atoms with Crippen molar-refractivity contribution < 1.29 is 5.11 Å². The molecule has 4 aromatic carbocycles. The van der Waals surface area contributed by atoms with Crippen LogP contribution in [0.25, 0.3) is 50.5 Å². The molecular weight excluding hydrogens is 567 g/mol. The van der Waals surface area contributed by atoms with Gasteiger partial charge in [0.15, 0.2) is 0 Å². The molecule has 0 unspecified atom stereocenters. The molecule has 1 N–H and O–H groups in total. The van der Waals surface area contributed by atoms with E-state index >= 15 is 0 Å². The summed E-state index contributed by atoms with van der Waals surface area (Å²) in [5.74, 6) is 1.52. The van der Waals surface area contributed by atoms with Gasteiger partial charge in [-0.05, 0) is 90.9 Å². The fraction of sp³-hybridized carbons (Fsp3) is 0.250. The average molecular weight is 610 g/mol. The fourth-order valence-electron chi connectivity index (χ4n) is 6.71. The molecule has 6 rings (SSSR count). The summed E-state index contributed by atoms with van der Waals surface area (Å²) in [6.07, 6.45) is 3.19. The van der Waals surface area contributed by atoms with Crippen molar-refractivity contribution in [2.75, 3.05) is 0 Å². The summed E-state index contributed by atoms with van der Waals surface area (Å²) in [5, 5.41) is 12.4. The van der Waals surface area contributed by atoms with E-state index in [2.05, 4.69) is 126 Å². The van der Waals surface area contributed by atoms with E-state index in [0.717, 1.165) is 51.4 Å². The number of para-hydroxylation sites is 2. The number of aromatic nitrogens is 3. The van der Waals surface area contributed by atoms with Crippen LogP contribution in [0.15, 0.2) is 91.1 Å². The number of hydrogen-bond donors (Lipinski definition) is 1. The Bertz CT molecular complexity index is 2020. The smallest absolute Gasteiger partial charge is 0.149 e. The van der Waals surface area contributed by atoms with Crippen molar-refractivity contribution in [3.05, 3.63) is 113 Å². The molecule has 0 aliphatic rings. The highest BCUT2D eigenvalue weighted by Crippen LogP contribution is 2.39. The van der Waals surface area contributed by atoms with Gasteiger partial charge in [-0.1, -0.05) is 93.6 Å². The number of fused-ring (bicyclic) bond motifs is 1. The zero-order chi connectivity index (χ0) is 32.0. The number of nitrogens with zero attached hydrogens (tertiary/aromatic N) is 3. The molecule has 6 aromatic rings. The van der Waals surface area contributed by atoms with Crippen molar-refractivity contribution in [1.82, 2.24) is 14.5 Å². The van der Waals surface area contributed by atoms with Gasteiger partial charge in [0.25, 0.3) is 0 Å². The van der Waals surface area contributed by atoms with Gasteiger partial charge in [0, 0.05) is 17.3 Å². The quantitative estimate of drug-likeness (QED) is 0.183. The van der Waals surface area contributed by atoms with Crippen molar-refractivity contribution in [2.24, 2.45) is 5.92 Å². The first-order valence-corrected chi connectivity index (χ1v) is 19.4. The second-order valence-electron chi connectivity index (χ2n) is 13.9. The third-order valence-corrected chi connectivity index (χ3v) is 10.7. The molecule has 0 aliphatic heterocycles. The summed E-state index contributed by atoms with van der Waals surface area (Å²) >= 11 is 0. The van der Waals surface area contributed by atoms with Gasteiger partial charge >= 0.3 is 0 Å². The normalized spacial score (nSPS) is 11.9. The van der Waals surface area contributed by atoms with Crippen LogP contribution in [0.4, 0.5) is 0 Å². The molecule has 0 saturated carbocycles. The minimum atomic E-state index is -1.53. The van der Waals surface area contributed by atoms with E-state index in [9.17, 15) is 5.11 Å². The van der Waals surface area contributed by atoms with E-state index in [4.69, 9.17) is 9.97 Å². The number of rotatable bonds is 7. The molecular formula is C40H43N3OSi. The first kappa shape index (κ1) is 30.5. The van der Waals surface area contributed by atoms with Crippen molar-refractivity contribution in [2.45, 2.75) is 60.7 Å². The number of aromatic hydroxyl groups is 1. The van der Waals surface area contributed by atoms with E-state index in [1.165, 1.54) is 27.4 Å². The predicted molar refractivity (Wildman–Crippen MR) is 193 cm³/mol. The van der Waals surface area contributed by atoms with Gasteiger partial charge in [-0.25, -0.2) is 4.98 Å². The van der Waals surface area contributed by atoms with Crippen LogP contribution in [-0.2, 0) is 6.42 Å². The van der Waals surface area contributed by atoms with Gasteiger partial charge in [0.05, 0.1) is 36.1 Å². The second-order valence-corrected chi connectivity index (χ2v) is 18.9. The lowest BCUT2D eigenvalue weighted by Crippen LogP contribution is -2.40. The molecule has 0 saturated heterocycles. The zero-order valence-corrected chi connectivity index (χ0v) is 28.7. The first-order chi connectivity index (χ1) is 21.4. The van der Waals surface area contributed by atoms with E-state index in [1.54, 1.807) is 6.07 Å². The Morgan fingerprint density at radius 2 is 1.44 bits per heavy atom. The largest absolute Gasteiger partial charge is 0.507 e. The number of pyridine rings is 1. The maximum atomic E-state index is 11.0. The molecule has 5 heteroatoms. The lowest BCUT2D eigenvalue weighted by Gasteiger charge is -2.22. The Labute approximate surface area is 268 Å². The van der Waals surface area contributed by atoms with E-state index in [1.807, 2.05) is 18.2 Å². The Morgan fingerprint density at radius 1 is 0.778 bits per heavy atom. The minimum absolute atomic E-state index is 0.213. The average Bonchev–Trinajstić information content (AvgIpc) is 3.35. The van der Waals surface area contributed by atoms with Crippen LogP contribution >= 0.6 is 0 Å². The van der Waals surface area contributed by atoms with Crippen molar-refractivity contribution in [3.63, 3.8) is 0 Å². The number of imidazole rings is 1. The Morgan fingerprint density at radius 3 is 2.13 bits per heavy atom. The lowest BCUT2D eigenvalue weighted by atomic mass is 9.98. The molecule has 0 bridgehead atoms. The van der Waals surface area contributed by atoms with Gasteiger partial charge in [-0.15, -0.1) is 0 Å². The van der Waals surface area contributed by atoms with Crippen LogP contribution in [0.1, 0.15) is 36.1 Å². The van der Waals surface area contributed by atoms with E-state index in [-0.39, 0.29) is 5.75 Å². The van der Waals surface area contributed by atoms with Gasteiger partial charge in [-0.3, -0.25) is 9.55 Å². The highest BCUT2D eigenvalue weighted by molar-refractivity contribution is 6.89. The van der Waals surface area contributed by atoms with E-state index in [0.29, 0.717) is 11.5 Å². The SMILES string of the molecule is Cc1cc(C)c(-n2c(-c3ccccc3O)nc3c(-c4cccc(-c5cc(CC(C)C)c([Si](C)(C)C)cn5)c4)cccc32)c(C)c1. The predicted octanol–water partition coefficient (Wildman–Crippen LogP) is 9.80. The number of phenols is 1. The van der Waals surface area contributed by atoms with Gasteiger partial charge in [0.1, 0.15) is 11.6 Å². The highest BCUT2D eigenvalue weighted by atomic mass is 28.3. The van der Waals surface area contributed by atoms with Crippen LogP contribution in [-0.4, -0.2) is 27.7 Å². The third kappa shape index (κ3) is 5.85. The van der Waals surface area contributed by atoms with Crippen LogP contribution in [0.2, 0.25) is 19.6 Å². The molecule has 0 aliphatic carbocycles. The Balaban J connectivity index is 1.56. The first-order valence-electron chi connectivity index (χ1n) is 15.9. The second kappa shape index (κ2) is 11.8. The van der Waals surface area contributed by atoms with Gasteiger partial charge < -0.3 is 5.11 Å². The lowest BCUT2D eigenvalue weighted by molar-refractivity contribution is 0.477. The third-order valence-electron chi connectivity index (χ3n) is 8.58. The fourth-order valence-corrected chi connectivity index (χ4v) is 8.30. The number of aryl methyl sites for hydroxylation is 3. The van der Waals surface area contributed by atoms with Crippen LogP contribution in [0, 0.1) is 26.7 Å². The Kier molecular flexibility index (Phi) is 8.00. The van der Waals surface area contributed by atoms with Gasteiger partial charge in [0.2, 0.25) is 0 Å².